The third-order valence-electron chi connectivity index (χ3n) is 6.13. The highest BCUT2D eigenvalue weighted by molar-refractivity contribution is 8.14. The van der Waals surface area contributed by atoms with Crippen LogP contribution >= 0.6 is 11.8 Å². The summed E-state index contributed by atoms with van der Waals surface area (Å²) in [5.41, 5.74) is 3.40. The molecular weight excluding hydrogens is 476 g/mol. The number of thioether (sulfide) groups is 1. The average Bonchev–Trinajstić information content (AvgIpc) is 2.90. The number of piperidine rings is 1. The van der Waals surface area contributed by atoms with Crippen LogP contribution in [0.2, 0.25) is 0 Å². The van der Waals surface area contributed by atoms with Crippen LogP contribution in [0.1, 0.15) is 43.7 Å². The summed E-state index contributed by atoms with van der Waals surface area (Å²) in [5.74, 6) is 1.85. The predicted molar refractivity (Wildman–Crippen MR) is 144 cm³/mol. The van der Waals surface area contributed by atoms with Crippen LogP contribution in [0.4, 0.5) is 10.5 Å². The van der Waals surface area contributed by atoms with Gasteiger partial charge in [0.15, 0.2) is 11.5 Å². The second-order valence-corrected chi connectivity index (χ2v) is 9.88. The number of carbonyl (C=O) groups is 2. The quantitative estimate of drug-likeness (QED) is 0.485. The summed E-state index contributed by atoms with van der Waals surface area (Å²) < 4.78 is 11.2. The Morgan fingerprint density at radius 1 is 1.08 bits per heavy atom. The van der Waals surface area contributed by atoms with Gasteiger partial charge < -0.3 is 14.8 Å². The fraction of sp³-hybridized carbons (Fsp3) is 0.444. The van der Waals surface area contributed by atoms with Gasteiger partial charge in [-0.2, -0.15) is 5.10 Å². The Balaban J connectivity index is 1.39. The minimum atomic E-state index is -0.0892. The molecule has 8 nitrogen and oxygen atoms in total. The van der Waals surface area contributed by atoms with Crippen molar-refractivity contribution < 1.29 is 19.1 Å². The molecule has 0 bridgehead atoms. The number of hydrazone groups is 1. The minimum absolute atomic E-state index is 0.00303. The lowest BCUT2D eigenvalue weighted by Gasteiger charge is -2.25. The highest BCUT2D eigenvalue weighted by Crippen LogP contribution is 2.30. The molecule has 9 heteroatoms. The van der Waals surface area contributed by atoms with Crippen molar-refractivity contribution in [3.05, 3.63) is 53.6 Å². The number of carbonyl (C=O) groups excluding carboxylic acids is 2. The lowest BCUT2D eigenvalue weighted by Crippen LogP contribution is -2.36. The zero-order valence-electron chi connectivity index (χ0n) is 21.0. The Kier molecular flexibility index (Phi) is 9.24. The molecule has 0 saturated carbocycles. The summed E-state index contributed by atoms with van der Waals surface area (Å²) in [6, 6.07) is 13.3. The first kappa shape index (κ1) is 26.0. The number of anilines is 1. The molecule has 2 heterocycles. The Labute approximate surface area is 217 Å². The lowest BCUT2D eigenvalue weighted by molar-refractivity contribution is -0.117. The molecule has 0 radical (unpaired) electrons. The third-order valence-corrected chi connectivity index (χ3v) is 7.00. The topological polar surface area (TPSA) is 83.5 Å². The fourth-order valence-corrected chi connectivity index (χ4v) is 4.97. The molecule has 2 aromatic rings. The number of likely N-dealkylation sites (tertiary alicyclic amines) is 1. The van der Waals surface area contributed by atoms with E-state index >= 15 is 0 Å². The number of ether oxygens (including phenoxy) is 2. The number of hydrogen-bond acceptors (Lipinski definition) is 7. The first-order chi connectivity index (χ1) is 17.6. The summed E-state index contributed by atoms with van der Waals surface area (Å²) in [6.45, 7) is 5.40. The maximum Gasteiger partial charge on any atom is 0.302 e. The van der Waals surface area contributed by atoms with E-state index in [0.29, 0.717) is 36.9 Å². The molecule has 2 aromatic carbocycles. The van der Waals surface area contributed by atoms with Crippen molar-refractivity contribution in [2.24, 2.45) is 5.10 Å². The van der Waals surface area contributed by atoms with Crippen molar-refractivity contribution in [2.75, 3.05) is 44.4 Å². The zero-order valence-corrected chi connectivity index (χ0v) is 21.8. The highest BCUT2D eigenvalue weighted by atomic mass is 32.2. The van der Waals surface area contributed by atoms with Gasteiger partial charge >= 0.3 is 5.24 Å². The zero-order chi connectivity index (χ0) is 25.3. The van der Waals surface area contributed by atoms with E-state index in [1.165, 1.54) is 23.2 Å². The molecule has 0 unspecified atom stereocenters. The number of hydrogen-bond donors (Lipinski definition) is 1. The first-order valence-corrected chi connectivity index (χ1v) is 13.5. The van der Waals surface area contributed by atoms with Gasteiger partial charge in [0.25, 0.3) is 0 Å². The van der Waals surface area contributed by atoms with Crippen molar-refractivity contribution in [1.82, 2.24) is 9.91 Å². The van der Waals surface area contributed by atoms with Crippen molar-refractivity contribution in [3.63, 3.8) is 0 Å². The van der Waals surface area contributed by atoms with Gasteiger partial charge in [-0.15, -0.1) is 0 Å². The molecule has 0 aliphatic carbocycles. The van der Waals surface area contributed by atoms with E-state index in [9.17, 15) is 9.59 Å². The largest absolute Gasteiger partial charge is 0.493 e. The van der Waals surface area contributed by atoms with Crippen LogP contribution in [-0.4, -0.2) is 65.9 Å². The van der Waals surface area contributed by atoms with Crippen LogP contribution in [0.5, 0.6) is 11.5 Å². The molecule has 1 N–H and O–H groups in total. The number of rotatable bonds is 10. The minimum Gasteiger partial charge on any atom is -0.493 e. The van der Waals surface area contributed by atoms with E-state index in [-0.39, 0.29) is 11.1 Å². The number of nitrogens with one attached hydrogen (secondary N) is 1. The predicted octanol–water partition coefficient (Wildman–Crippen LogP) is 4.98. The molecule has 1 fully saturated rings. The Hall–Kier alpha value is -3.04. The summed E-state index contributed by atoms with van der Waals surface area (Å²) in [7, 11) is 1.62. The molecule has 2 amide bonds. The van der Waals surface area contributed by atoms with Crippen LogP contribution in [0.15, 0.2) is 47.6 Å². The molecule has 1 saturated heterocycles. The van der Waals surface area contributed by atoms with Gasteiger partial charge in [-0.05, 0) is 68.2 Å². The lowest BCUT2D eigenvalue weighted by atomic mass is 10.1. The Morgan fingerprint density at radius 2 is 1.86 bits per heavy atom. The monoisotopic (exact) mass is 510 g/mol. The number of benzene rings is 2. The molecule has 4 rings (SSSR count). The van der Waals surface area contributed by atoms with Gasteiger partial charge in [-0.1, -0.05) is 37.2 Å². The van der Waals surface area contributed by atoms with Crippen LogP contribution in [0.25, 0.3) is 0 Å². The maximum absolute atomic E-state index is 12.6. The van der Waals surface area contributed by atoms with Crippen molar-refractivity contribution >= 4 is 34.3 Å². The van der Waals surface area contributed by atoms with Crippen molar-refractivity contribution in [1.29, 1.82) is 0 Å². The van der Waals surface area contributed by atoms with Crippen LogP contribution < -0.4 is 14.8 Å². The average molecular weight is 511 g/mol. The molecule has 2 aliphatic heterocycles. The van der Waals surface area contributed by atoms with Crippen LogP contribution in [0, 0.1) is 0 Å². The smallest absolute Gasteiger partial charge is 0.302 e. The summed E-state index contributed by atoms with van der Waals surface area (Å²) in [4.78, 5) is 27.1. The van der Waals surface area contributed by atoms with Crippen molar-refractivity contribution in [2.45, 2.75) is 39.2 Å². The maximum atomic E-state index is 12.6. The van der Waals surface area contributed by atoms with Crippen LogP contribution in [0.3, 0.4) is 0 Å². The van der Waals surface area contributed by atoms with Gasteiger partial charge in [0.05, 0.1) is 32.5 Å². The van der Waals surface area contributed by atoms with Crippen LogP contribution in [-0.2, 0) is 11.3 Å². The Morgan fingerprint density at radius 3 is 2.58 bits per heavy atom. The fourth-order valence-electron chi connectivity index (χ4n) is 4.23. The molecular formula is C27H34N4O4S. The summed E-state index contributed by atoms with van der Waals surface area (Å²) in [5, 5.41) is 9.02. The Bertz CT molecular complexity index is 1080. The number of amides is 2. The molecule has 0 aromatic heterocycles. The summed E-state index contributed by atoms with van der Waals surface area (Å²) >= 11 is 1.23. The van der Waals surface area contributed by atoms with Gasteiger partial charge in [-0.25, -0.2) is 5.01 Å². The molecule has 0 spiro atoms. The second kappa shape index (κ2) is 12.8. The first-order valence-electron chi connectivity index (χ1n) is 12.5. The van der Waals surface area contributed by atoms with E-state index < -0.39 is 0 Å². The van der Waals surface area contributed by atoms with Gasteiger partial charge in [0.1, 0.15) is 0 Å². The van der Waals surface area contributed by atoms with E-state index in [4.69, 9.17) is 9.47 Å². The standard InChI is InChI=1S/C27H34N4O4S/c1-3-15-35-25-16-21(9-12-24(25)34-2)23-19-36-27(33)31(29-23)17-20-7-10-22(11-8-20)28-26(32)18-30-13-5-4-6-14-30/h7-12,16H,3-6,13-15,17-19H2,1-2H3,(H,28,32). The number of methoxy groups -OCH3 is 1. The molecule has 192 valence electrons. The van der Waals surface area contributed by atoms with E-state index in [1.54, 1.807) is 7.11 Å². The SMILES string of the molecule is CCCOc1cc(C2=NN(Cc3ccc(NC(=O)CN4CCCCC4)cc3)C(=O)SC2)ccc1OC. The second-order valence-electron chi connectivity index (χ2n) is 8.95. The van der Waals surface area contributed by atoms with Gasteiger partial charge in [-0.3, -0.25) is 14.5 Å². The highest BCUT2D eigenvalue weighted by Gasteiger charge is 2.23. The molecule has 2 aliphatic rings. The van der Waals surface area contributed by atoms with Crippen molar-refractivity contribution in [3.8, 4) is 11.5 Å². The van der Waals surface area contributed by atoms with Gasteiger partial charge in [0, 0.05) is 17.0 Å². The summed E-state index contributed by atoms with van der Waals surface area (Å²) in [6.07, 6.45) is 4.46. The molecule has 0 atom stereocenters. The third kappa shape index (κ3) is 7.01. The molecule has 36 heavy (non-hydrogen) atoms. The van der Waals surface area contributed by atoms with E-state index in [1.807, 2.05) is 42.5 Å². The number of nitrogens with zero attached hydrogens (tertiary/aromatic N) is 3. The van der Waals surface area contributed by atoms with E-state index in [0.717, 1.165) is 54.9 Å². The van der Waals surface area contributed by atoms with E-state index in [2.05, 4.69) is 22.2 Å². The van der Waals surface area contributed by atoms with Gasteiger partial charge in [0.2, 0.25) is 5.91 Å². The normalized spacial score (nSPS) is 16.4.